The maximum atomic E-state index is 13.6. The smallest absolute Gasteiger partial charge is 0.234 e. The number of halogens is 1. The maximum Gasteiger partial charge on any atom is 0.234 e. The van der Waals surface area contributed by atoms with Crippen molar-refractivity contribution in [3.63, 3.8) is 0 Å². The molecule has 126 valence electrons. The Kier molecular flexibility index (Phi) is 6.52. The molecule has 2 rings (SSSR count). The number of carbonyl (C=O) groups excluding carboxylic acids is 2. The first kappa shape index (κ1) is 17.4. The van der Waals surface area contributed by atoms with Crippen molar-refractivity contribution >= 4 is 11.8 Å². The van der Waals surface area contributed by atoms with Crippen molar-refractivity contribution in [3.8, 4) is 0 Å². The molecule has 6 heteroatoms. The molecule has 1 fully saturated rings. The number of benzene rings is 1. The van der Waals surface area contributed by atoms with Gasteiger partial charge in [0.25, 0.3) is 0 Å². The number of nitrogens with one attached hydrogen (secondary N) is 1. The summed E-state index contributed by atoms with van der Waals surface area (Å²) >= 11 is 0. The normalized spacial score (nSPS) is 15.5. The minimum absolute atomic E-state index is 0.0259. The van der Waals surface area contributed by atoms with Gasteiger partial charge in [-0.1, -0.05) is 25.1 Å². The van der Waals surface area contributed by atoms with Gasteiger partial charge in [-0.3, -0.25) is 14.5 Å². The molecule has 1 saturated heterocycles. The fraction of sp³-hybridized carbons (Fsp3) is 0.529. The van der Waals surface area contributed by atoms with E-state index < -0.39 is 0 Å². The maximum absolute atomic E-state index is 13.6. The van der Waals surface area contributed by atoms with E-state index in [4.69, 9.17) is 0 Å². The molecule has 1 aliphatic heterocycles. The van der Waals surface area contributed by atoms with Crippen LogP contribution in [0.4, 0.5) is 4.39 Å². The van der Waals surface area contributed by atoms with E-state index >= 15 is 0 Å². The zero-order valence-electron chi connectivity index (χ0n) is 13.6. The largest absolute Gasteiger partial charge is 0.355 e. The third-order valence-electron chi connectivity index (χ3n) is 3.96. The fourth-order valence-corrected chi connectivity index (χ4v) is 2.60. The minimum atomic E-state index is -0.341. The van der Waals surface area contributed by atoms with E-state index in [-0.39, 0.29) is 24.1 Å². The molecule has 0 unspecified atom stereocenters. The second-order valence-corrected chi connectivity index (χ2v) is 5.78. The van der Waals surface area contributed by atoms with Gasteiger partial charge in [-0.15, -0.1) is 0 Å². The number of amides is 2. The topological polar surface area (TPSA) is 52.7 Å². The molecule has 1 aliphatic rings. The molecular weight excluding hydrogens is 297 g/mol. The van der Waals surface area contributed by atoms with Gasteiger partial charge < -0.3 is 10.2 Å². The van der Waals surface area contributed by atoms with E-state index in [1.807, 2.05) is 11.8 Å². The van der Waals surface area contributed by atoms with Gasteiger partial charge >= 0.3 is 0 Å². The summed E-state index contributed by atoms with van der Waals surface area (Å²) in [5.41, 5.74) is 0.430. The van der Waals surface area contributed by atoms with Gasteiger partial charge in [-0.2, -0.15) is 0 Å². The summed E-state index contributed by atoms with van der Waals surface area (Å²) < 4.78 is 13.6. The predicted octanol–water partition coefficient (Wildman–Crippen LogP) is 1.04. The van der Waals surface area contributed by atoms with E-state index in [1.54, 1.807) is 23.1 Å². The minimum Gasteiger partial charge on any atom is -0.355 e. The highest BCUT2D eigenvalue weighted by Gasteiger charge is 2.22. The van der Waals surface area contributed by atoms with Crippen LogP contribution in [0.15, 0.2) is 24.3 Å². The SMILES string of the molecule is CCCNC(=O)CN1CCN(C(=O)Cc2ccccc2F)CC1. The van der Waals surface area contributed by atoms with Crippen LogP contribution in [0.1, 0.15) is 18.9 Å². The lowest BCUT2D eigenvalue weighted by atomic mass is 10.1. The second-order valence-electron chi connectivity index (χ2n) is 5.78. The van der Waals surface area contributed by atoms with E-state index in [1.165, 1.54) is 6.07 Å². The number of hydrogen-bond donors (Lipinski definition) is 1. The molecule has 23 heavy (non-hydrogen) atoms. The number of carbonyl (C=O) groups is 2. The molecule has 2 amide bonds. The Morgan fingerprint density at radius 2 is 1.87 bits per heavy atom. The Morgan fingerprint density at radius 1 is 1.17 bits per heavy atom. The number of hydrogen-bond acceptors (Lipinski definition) is 3. The highest BCUT2D eigenvalue weighted by Crippen LogP contribution is 2.10. The summed E-state index contributed by atoms with van der Waals surface area (Å²) in [6.45, 7) is 5.57. The van der Waals surface area contributed by atoms with Gasteiger partial charge in [0.05, 0.1) is 13.0 Å². The van der Waals surface area contributed by atoms with Crippen molar-refractivity contribution in [3.05, 3.63) is 35.6 Å². The predicted molar refractivity (Wildman–Crippen MR) is 86.4 cm³/mol. The van der Waals surface area contributed by atoms with Gasteiger partial charge in [0.2, 0.25) is 11.8 Å². The molecule has 0 radical (unpaired) electrons. The van der Waals surface area contributed by atoms with Gasteiger partial charge in [0.1, 0.15) is 5.82 Å². The Balaban J connectivity index is 1.76. The molecular formula is C17H24FN3O2. The number of rotatable bonds is 6. The Labute approximate surface area is 136 Å². The van der Waals surface area contributed by atoms with Crippen molar-refractivity contribution in [2.45, 2.75) is 19.8 Å². The summed E-state index contributed by atoms with van der Waals surface area (Å²) in [5, 5.41) is 2.85. The third kappa shape index (κ3) is 5.32. The highest BCUT2D eigenvalue weighted by atomic mass is 19.1. The summed E-state index contributed by atoms with van der Waals surface area (Å²) in [6, 6.07) is 6.36. The van der Waals surface area contributed by atoms with Gasteiger partial charge in [0.15, 0.2) is 0 Å². The molecule has 0 spiro atoms. The first-order chi connectivity index (χ1) is 11.1. The Hall–Kier alpha value is -1.95. The molecule has 5 nitrogen and oxygen atoms in total. The Morgan fingerprint density at radius 3 is 2.52 bits per heavy atom. The average molecular weight is 321 g/mol. The zero-order chi connectivity index (χ0) is 16.7. The first-order valence-electron chi connectivity index (χ1n) is 8.10. The molecule has 1 N–H and O–H groups in total. The van der Waals surface area contributed by atoms with E-state index in [2.05, 4.69) is 5.32 Å². The molecule has 1 aromatic carbocycles. The molecule has 0 aromatic heterocycles. The van der Waals surface area contributed by atoms with E-state index in [9.17, 15) is 14.0 Å². The number of piperazine rings is 1. The quantitative estimate of drug-likeness (QED) is 0.852. The van der Waals surface area contributed by atoms with Crippen molar-refractivity contribution in [2.24, 2.45) is 0 Å². The molecule has 0 atom stereocenters. The molecule has 0 bridgehead atoms. The number of nitrogens with zero attached hydrogens (tertiary/aromatic N) is 2. The molecule has 1 heterocycles. The van der Waals surface area contributed by atoms with Crippen LogP contribution < -0.4 is 5.32 Å². The molecule has 0 saturated carbocycles. The monoisotopic (exact) mass is 321 g/mol. The van der Waals surface area contributed by atoms with Gasteiger partial charge in [0, 0.05) is 32.7 Å². The lowest BCUT2D eigenvalue weighted by molar-refractivity contribution is -0.132. The van der Waals surface area contributed by atoms with Crippen molar-refractivity contribution in [1.82, 2.24) is 15.1 Å². The van der Waals surface area contributed by atoms with E-state index in [0.29, 0.717) is 44.8 Å². The van der Waals surface area contributed by atoms with Crippen LogP contribution >= 0.6 is 0 Å². The van der Waals surface area contributed by atoms with Crippen LogP contribution in [0.3, 0.4) is 0 Å². The Bertz CT molecular complexity index is 542. The fourth-order valence-electron chi connectivity index (χ4n) is 2.60. The van der Waals surface area contributed by atoms with Crippen LogP contribution in [-0.4, -0.2) is 60.9 Å². The van der Waals surface area contributed by atoms with Crippen molar-refractivity contribution < 1.29 is 14.0 Å². The summed E-state index contributed by atoms with van der Waals surface area (Å²) in [4.78, 5) is 27.7. The van der Waals surface area contributed by atoms with Crippen molar-refractivity contribution in [2.75, 3.05) is 39.3 Å². The summed E-state index contributed by atoms with van der Waals surface area (Å²) in [5.74, 6) is -0.379. The van der Waals surface area contributed by atoms with Gasteiger partial charge in [-0.05, 0) is 18.1 Å². The van der Waals surface area contributed by atoms with Crippen LogP contribution in [0.25, 0.3) is 0 Å². The summed E-state index contributed by atoms with van der Waals surface area (Å²) in [6.07, 6.45) is 1.01. The zero-order valence-corrected chi connectivity index (χ0v) is 13.6. The van der Waals surface area contributed by atoms with Crippen LogP contribution in [0.5, 0.6) is 0 Å². The van der Waals surface area contributed by atoms with E-state index in [0.717, 1.165) is 6.42 Å². The lowest BCUT2D eigenvalue weighted by Gasteiger charge is -2.34. The second kappa shape index (κ2) is 8.62. The highest BCUT2D eigenvalue weighted by molar-refractivity contribution is 5.79. The van der Waals surface area contributed by atoms with Crippen LogP contribution in [0, 0.1) is 5.82 Å². The summed E-state index contributed by atoms with van der Waals surface area (Å²) in [7, 11) is 0. The lowest BCUT2D eigenvalue weighted by Crippen LogP contribution is -2.51. The molecule has 0 aliphatic carbocycles. The van der Waals surface area contributed by atoms with Gasteiger partial charge in [-0.25, -0.2) is 4.39 Å². The van der Waals surface area contributed by atoms with Crippen molar-refractivity contribution in [1.29, 1.82) is 0 Å². The third-order valence-corrected chi connectivity index (χ3v) is 3.96. The molecule has 1 aromatic rings. The standard InChI is InChI=1S/C17H24FN3O2/c1-2-7-19-16(22)13-20-8-10-21(11-9-20)17(23)12-14-5-3-4-6-15(14)18/h3-6H,2,7-13H2,1H3,(H,19,22). The van der Waals surface area contributed by atoms with Crippen LogP contribution in [-0.2, 0) is 16.0 Å². The average Bonchev–Trinajstić information content (AvgIpc) is 2.55. The van der Waals surface area contributed by atoms with Crippen LogP contribution in [0.2, 0.25) is 0 Å². The first-order valence-corrected chi connectivity index (χ1v) is 8.10.